The Labute approximate surface area is 106 Å². The standard InChI is InChI=1S/C11H11BrN2OS/c1-7-11(16-14-13-7)10(15)6-8-2-4-9(12)5-3-8/h2-5,10,15H,6H2,1H3. The van der Waals surface area contributed by atoms with Crippen LogP contribution in [0.5, 0.6) is 0 Å². The monoisotopic (exact) mass is 298 g/mol. The van der Waals surface area contributed by atoms with Crippen molar-refractivity contribution in [2.24, 2.45) is 0 Å². The summed E-state index contributed by atoms with van der Waals surface area (Å²) in [6.45, 7) is 1.86. The van der Waals surface area contributed by atoms with E-state index in [2.05, 4.69) is 25.5 Å². The molecule has 5 heteroatoms. The molecule has 16 heavy (non-hydrogen) atoms. The van der Waals surface area contributed by atoms with Crippen molar-refractivity contribution in [3.05, 3.63) is 44.9 Å². The molecule has 3 nitrogen and oxygen atoms in total. The number of hydrogen-bond donors (Lipinski definition) is 1. The van der Waals surface area contributed by atoms with E-state index in [0.717, 1.165) is 20.6 Å². The van der Waals surface area contributed by atoms with Gasteiger partial charge in [-0.2, -0.15) is 0 Å². The lowest BCUT2D eigenvalue weighted by molar-refractivity contribution is 0.181. The molecule has 0 aliphatic carbocycles. The van der Waals surface area contributed by atoms with Gasteiger partial charge in [-0.25, -0.2) is 0 Å². The summed E-state index contributed by atoms with van der Waals surface area (Å²) in [7, 11) is 0. The van der Waals surface area contributed by atoms with Crippen LogP contribution in [-0.4, -0.2) is 14.7 Å². The molecule has 1 unspecified atom stereocenters. The highest BCUT2D eigenvalue weighted by Crippen LogP contribution is 2.23. The zero-order chi connectivity index (χ0) is 11.5. The topological polar surface area (TPSA) is 46.0 Å². The molecule has 1 heterocycles. The fraction of sp³-hybridized carbons (Fsp3) is 0.273. The van der Waals surface area contributed by atoms with Gasteiger partial charge in [0.05, 0.1) is 16.7 Å². The molecule has 2 aromatic rings. The Kier molecular flexibility index (Phi) is 3.68. The Morgan fingerprint density at radius 1 is 1.38 bits per heavy atom. The first kappa shape index (κ1) is 11.7. The maximum Gasteiger partial charge on any atom is 0.0957 e. The zero-order valence-electron chi connectivity index (χ0n) is 8.72. The van der Waals surface area contributed by atoms with Gasteiger partial charge in [-0.05, 0) is 36.2 Å². The minimum atomic E-state index is -0.513. The van der Waals surface area contributed by atoms with Gasteiger partial charge in [-0.1, -0.05) is 32.6 Å². The lowest BCUT2D eigenvalue weighted by Crippen LogP contribution is -2.01. The first-order valence-corrected chi connectivity index (χ1v) is 6.45. The molecular formula is C11H11BrN2OS. The van der Waals surface area contributed by atoms with Gasteiger partial charge in [-0.3, -0.25) is 0 Å². The highest BCUT2D eigenvalue weighted by molar-refractivity contribution is 9.10. The molecule has 0 fully saturated rings. The average Bonchev–Trinajstić information content (AvgIpc) is 2.68. The summed E-state index contributed by atoms with van der Waals surface area (Å²) in [6, 6.07) is 7.94. The number of aryl methyl sites for hydroxylation is 1. The van der Waals surface area contributed by atoms with Crippen LogP contribution in [0.1, 0.15) is 22.2 Å². The third-order valence-corrected chi connectivity index (χ3v) is 3.79. The van der Waals surface area contributed by atoms with Gasteiger partial charge in [0, 0.05) is 10.9 Å². The van der Waals surface area contributed by atoms with E-state index in [1.165, 1.54) is 11.5 Å². The number of rotatable bonds is 3. The quantitative estimate of drug-likeness (QED) is 0.948. The van der Waals surface area contributed by atoms with Crippen molar-refractivity contribution in [3.8, 4) is 0 Å². The third kappa shape index (κ3) is 2.66. The molecule has 84 valence electrons. The SMILES string of the molecule is Cc1nnsc1C(O)Cc1ccc(Br)cc1. The van der Waals surface area contributed by atoms with Gasteiger partial charge in [-0.15, -0.1) is 5.10 Å². The van der Waals surface area contributed by atoms with Crippen molar-refractivity contribution in [2.75, 3.05) is 0 Å². The summed E-state index contributed by atoms with van der Waals surface area (Å²) in [4.78, 5) is 0.850. The smallest absolute Gasteiger partial charge is 0.0957 e. The minimum absolute atomic E-state index is 0.513. The van der Waals surface area contributed by atoms with E-state index in [-0.39, 0.29) is 0 Å². The molecule has 0 bridgehead atoms. The van der Waals surface area contributed by atoms with Crippen molar-refractivity contribution >= 4 is 27.5 Å². The number of aliphatic hydroxyl groups excluding tert-OH is 1. The number of aromatic nitrogens is 2. The van der Waals surface area contributed by atoms with Crippen LogP contribution in [0.15, 0.2) is 28.7 Å². The molecule has 0 aliphatic heterocycles. The zero-order valence-corrected chi connectivity index (χ0v) is 11.1. The molecule has 0 saturated carbocycles. The molecule has 0 spiro atoms. The highest BCUT2D eigenvalue weighted by Gasteiger charge is 2.14. The molecule has 0 radical (unpaired) electrons. The normalized spacial score (nSPS) is 12.7. The molecule has 1 aromatic heterocycles. The van der Waals surface area contributed by atoms with Gasteiger partial charge in [0.2, 0.25) is 0 Å². The molecule has 1 N–H and O–H groups in total. The molecule has 0 amide bonds. The number of benzene rings is 1. The number of nitrogens with zero attached hydrogens (tertiary/aromatic N) is 2. The molecule has 2 rings (SSSR count). The van der Waals surface area contributed by atoms with E-state index in [4.69, 9.17) is 0 Å². The summed E-state index contributed by atoms with van der Waals surface area (Å²) >= 11 is 4.64. The van der Waals surface area contributed by atoms with E-state index in [1.807, 2.05) is 31.2 Å². The fourth-order valence-electron chi connectivity index (χ4n) is 1.48. The summed E-state index contributed by atoms with van der Waals surface area (Å²) < 4.78 is 4.87. The van der Waals surface area contributed by atoms with Crippen LogP contribution in [0.3, 0.4) is 0 Å². The first-order chi connectivity index (χ1) is 7.66. The lowest BCUT2D eigenvalue weighted by atomic mass is 10.1. The van der Waals surface area contributed by atoms with Crippen molar-refractivity contribution in [1.82, 2.24) is 9.59 Å². The van der Waals surface area contributed by atoms with Gasteiger partial charge in [0.1, 0.15) is 0 Å². The van der Waals surface area contributed by atoms with Crippen LogP contribution in [0.2, 0.25) is 0 Å². The Bertz CT molecular complexity index is 469. The van der Waals surface area contributed by atoms with Gasteiger partial charge < -0.3 is 5.11 Å². The summed E-state index contributed by atoms with van der Waals surface area (Å²) in [5, 5.41) is 13.9. The van der Waals surface area contributed by atoms with Crippen molar-refractivity contribution < 1.29 is 5.11 Å². The van der Waals surface area contributed by atoms with Crippen LogP contribution in [-0.2, 0) is 6.42 Å². The Morgan fingerprint density at radius 2 is 2.06 bits per heavy atom. The fourth-order valence-corrected chi connectivity index (χ4v) is 2.37. The Balaban J connectivity index is 2.10. The molecule has 0 saturated heterocycles. The molecule has 1 atom stereocenters. The van der Waals surface area contributed by atoms with Crippen LogP contribution in [0, 0.1) is 6.92 Å². The van der Waals surface area contributed by atoms with Crippen molar-refractivity contribution in [2.45, 2.75) is 19.4 Å². The average molecular weight is 299 g/mol. The van der Waals surface area contributed by atoms with Gasteiger partial charge in [0.15, 0.2) is 0 Å². The summed E-state index contributed by atoms with van der Waals surface area (Å²) in [6.07, 6.45) is 0.0824. The third-order valence-electron chi connectivity index (χ3n) is 2.33. The molecule has 0 aliphatic rings. The van der Waals surface area contributed by atoms with Gasteiger partial charge in [0.25, 0.3) is 0 Å². The summed E-state index contributed by atoms with van der Waals surface area (Å²) in [5.41, 5.74) is 1.91. The van der Waals surface area contributed by atoms with E-state index in [1.54, 1.807) is 0 Å². The molecular weight excluding hydrogens is 288 g/mol. The maximum atomic E-state index is 10.0. The second-order valence-electron chi connectivity index (χ2n) is 3.57. The Hall–Kier alpha value is -0.780. The minimum Gasteiger partial charge on any atom is -0.387 e. The first-order valence-electron chi connectivity index (χ1n) is 4.88. The number of hydrogen-bond acceptors (Lipinski definition) is 4. The van der Waals surface area contributed by atoms with Crippen LogP contribution >= 0.6 is 27.5 Å². The highest BCUT2D eigenvalue weighted by atomic mass is 79.9. The van der Waals surface area contributed by atoms with Crippen molar-refractivity contribution in [1.29, 1.82) is 0 Å². The van der Waals surface area contributed by atoms with Crippen LogP contribution < -0.4 is 0 Å². The van der Waals surface area contributed by atoms with Crippen LogP contribution in [0.25, 0.3) is 0 Å². The predicted octanol–water partition coefficient (Wildman–Crippen LogP) is 2.89. The van der Waals surface area contributed by atoms with E-state index in [9.17, 15) is 5.11 Å². The number of aliphatic hydroxyl groups is 1. The molecule has 1 aromatic carbocycles. The van der Waals surface area contributed by atoms with Crippen molar-refractivity contribution in [3.63, 3.8) is 0 Å². The number of halogens is 1. The van der Waals surface area contributed by atoms with Crippen LogP contribution in [0.4, 0.5) is 0 Å². The van der Waals surface area contributed by atoms with E-state index < -0.39 is 6.10 Å². The predicted molar refractivity (Wildman–Crippen MR) is 67.5 cm³/mol. The summed E-state index contributed by atoms with van der Waals surface area (Å²) in [5.74, 6) is 0. The maximum absolute atomic E-state index is 10.0. The van der Waals surface area contributed by atoms with Gasteiger partial charge >= 0.3 is 0 Å². The second kappa shape index (κ2) is 5.03. The van der Waals surface area contributed by atoms with E-state index in [0.29, 0.717) is 6.42 Å². The largest absolute Gasteiger partial charge is 0.387 e. The lowest BCUT2D eigenvalue weighted by Gasteiger charge is -2.08. The second-order valence-corrected chi connectivity index (χ2v) is 5.27. The van der Waals surface area contributed by atoms with E-state index >= 15 is 0 Å². The Morgan fingerprint density at radius 3 is 2.62 bits per heavy atom.